The van der Waals surface area contributed by atoms with Gasteiger partial charge in [0, 0.05) is 6.04 Å². The summed E-state index contributed by atoms with van der Waals surface area (Å²) in [5.74, 6) is 0.510. The van der Waals surface area contributed by atoms with E-state index in [4.69, 9.17) is 0 Å². The molecule has 1 aliphatic rings. The van der Waals surface area contributed by atoms with Gasteiger partial charge in [0.05, 0.1) is 22.9 Å². The molecule has 0 radical (unpaired) electrons. The third kappa shape index (κ3) is 2.74. The Labute approximate surface area is 104 Å². The zero-order valence-electron chi connectivity index (χ0n) is 8.90. The van der Waals surface area contributed by atoms with E-state index in [1.165, 1.54) is 0 Å². The van der Waals surface area contributed by atoms with Crippen LogP contribution in [0.4, 0.5) is 5.69 Å². The van der Waals surface area contributed by atoms with Gasteiger partial charge in [0.15, 0.2) is 9.84 Å². The van der Waals surface area contributed by atoms with E-state index in [9.17, 15) is 8.42 Å². The molecule has 1 atom stereocenters. The van der Waals surface area contributed by atoms with Crippen LogP contribution in [-0.2, 0) is 9.84 Å². The lowest BCUT2D eigenvalue weighted by Crippen LogP contribution is -2.21. The van der Waals surface area contributed by atoms with E-state index in [0.29, 0.717) is 6.42 Å². The van der Waals surface area contributed by atoms with Gasteiger partial charge in [0.25, 0.3) is 0 Å². The second-order valence-corrected chi connectivity index (χ2v) is 7.05. The molecule has 88 valence electrons. The normalized spacial score (nSPS) is 23.2. The van der Waals surface area contributed by atoms with E-state index >= 15 is 0 Å². The molecule has 1 aliphatic heterocycles. The van der Waals surface area contributed by atoms with Crippen molar-refractivity contribution < 1.29 is 8.42 Å². The lowest BCUT2D eigenvalue weighted by molar-refractivity contribution is 0.602. The summed E-state index contributed by atoms with van der Waals surface area (Å²) in [4.78, 5) is 4.26. The number of nitrogens with one attached hydrogen (secondary N) is 1. The summed E-state index contributed by atoms with van der Waals surface area (Å²) in [5.41, 5.74) is 1.78. The first-order chi connectivity index (χ1) is 7.46. The third-order valence-corrected chi connectivity index (χ3v) is 4.85. The van der Waals surface area contributed by atoms with Gasteiger partial charge in [-0.2, -0.15) is 0 Å². The molecule has 0 bridgehead atoms. The highest BCUT2D eigenvalue weighted by Crippen LogP contribution is 2.21. The van der Waals surface area contributed by atoms with Gasteiger partial charge in [0.2, 0.25) is 0 Å². The van der Waals surface area contributed by atoms with E-state index in [1.807, 2.05) is 19.1 Å². The first-order valence-corrected chi connectivity index (χ1v) is 7.68. The monoisotopic (exact) mass is 304 g/mol. The average molecular weight is 305 g/mol. The zero-order valence-corrected chi connectivity index (χ0v) is 11.3. The first-order valence-electron chi connectivity index (χ1n) is 5.06. The molecule has 1 fully saturated rings. The van der Waals surface area contributed by atoms with Crippen molar-refractivity contribution in [3.63, 3.8) is 0 Å². The van der Waals surface area contributed by atoms with Gasteiger partial charge in [-0.05, 0) is 41.4 Å². The number of hydrogen-bond donors (Lipinski definition) is 1. The maximum atomic E-state index is 11.3. The molecule has 6 heteroatoms. The maximum absolute atomic E-state index is 11.3. The summed E-state index contributed by atoms with van der Waals surface area (Å²) in [6, 6.07) is 3.78. The van der Waals surface area contributed by atoms with Gasteiger partial charge in [-0.25, -0.2) is 13.4 Å². The average Bonchev–Trinajstić information content (AvgIpc) is 2.51. The van der Waals surface area contributed by atoms with Crippen molar-refractivity contribution in [2.24, 2.45) is 0 Å². The summed E-state index contributed by atoms with van der Waals surface area (Å²) in [7, 11) is -2.83. The second kappa shape index (κ2) is 4.33. The molecule has 1 unspecified atom stereocenters. The highest BCUT2D eigenvalue weighted by Gasteiger charge is 2.27. The Morgan fingerprint density at radius 2 is 2.25 bits per heavy atom. The summed E-state index contributed by atoms with van der Waals surface area (Å²) in [5, 5.41) is 3.23. The Hall–Kier alpha value is -0.620. The van der Waals surface area contributed by atoms with E-state index in [-0.39, 0.29) is 17.5 Å². The van der Waals surface area contributed by atoms with Crippen molar-refractivity contribution in [3.8, 4) is 0 Å². The SMILES string of the molecule is Cc1nc(Br)ccc1NC1CCS(=O)(=O)C1. The Balaban J connectivity index is 2.11. The van der Waals surface area contributed by atoms with Crippen LogP contribution < -0.4 is 5.32 Å². The molecule has 0 aromatic carbocycles. The topological polar surface area (TPSA) is 59.1 Å². The number of anilines is 1. The first kappa shape index (κ1) is 11.9. The number of pyridine rings is 1. The molecule has 0 saturated carbocycles. The minimum atomic E-state index is -2.83. The largest absolute Gasteiger partial charge is 0.380 e. The van der Waals surface area contributed by atoms with Crippen molar-refractivity contribution in [2.45, 2.75) is 19.4 Å². The molecule has 1 saturated heterocycles. The van der Waals surface area contributed by atoms with E-state index in [0.717, 1.165) is 16.0 Å². The van der Waals surface area contributed by atoms with E-state index in [2.05, 4.69) is 26.2 Å². The molecular formula is C10H13BrN2O2S. The lowest BCUT2D eigenvalue weighted by atomic mass is 10.2. The van der Waals surface area contributed by atoms with E-state index in [1.54, 1.807) is 0 Å². The number of halogens is 1. The highest BCUT2D eigenvalue weighted by molar-refractivity contribution is 9.10. The van der Waals surface area contributed by atoms with Gasteiger partial charge in [0.1, 0.15) is 4.60 Å². The number of aryl methyl sites for hydroxylation is 1. The summed E-state index contributed by atoms with van der Waals surface area (Å²) in [6.07, 6.45) is 0.678. The van der Waals surface area contributed by atoms with Crippen LogP contribution in [0.25, 0.3) is 0 Å². The molecule has 2 rings (SSSR count). The zero-order chi connectivity index (χ0) is 11.8. The third-order valence-electron chi connectivity index (χ3n) is 2.64. The molecular weight excluding hydrogens is 292 g/mol. The van der Waals surface area contributed by atoms with Crippen LogP contribution in [-0.4, -0.2) is 30.9 Å². The van der Waals surface area contributed by atoms with Crippen molar-refractivity contribution >= 4 is 31.5 Å². The Morgan fingerprint density at radius 1 is 1.50 bits per heavy atom. The molecule has 1 aromatic heterocycles. The fourth-order valence-corrected chi connectivity index (χ4v) is 3.88. The fraction of sp³-hybridized carbons (Fsp3) is 0.500. The van der Waals surface area contributed by atoms with Crippen LogP contribution in [0.5, 0.6) is 0 Å². The predicted octanol–water partition coefficient (Wildman–Crippen LogP) is 1.75. The van der Waals surface area contributed by atoms with Gasteiger partial charge in [-0.1, -0.05) is 0 Å². The smallest absolute Gasteiger partial charge is 0.152 e. The Kier molecular flexibility index (Phi) is 3.21. The second-order valence-electron chi connectivity index (χ2n) is 4.01. The summed E-state index contributed by atoms with van der Waals surface area (Å²) < 4.78 is 23.4. The van der Waals surface area contributed by atoms with Crippen LogP contribution in [0.2, 0.25) is 0 Å². The van der Waals surface area contributed by atoms with Crippen molar-refractivity contribution in [3.05, 3.63) is 22.4 Å². The van der Waals surface area contributed by atoms with Crippen LogP contribution in [0.15, 0.2) is 16.7 Å². The van der Waals surface area contributed by atoms with Crippen LogP contribution >= 0.6 is 15.9 Å². The number of aromatic nitrogens is 1. The number of sulfone groups is 1. The molecule has 16 heavy (non-hydrogen) atoms. The molecule has 0 aliphatic carbocycles. The summed E-state index contributed by atoms with van der Waals surface area (Å²) >= 11 is 3.29. The standard InChI is InChI=1S/C10H13BrN2O2S/c1-7-9(2-3-10(11)12-7)13-8-4-5-16(14,15)6-8/h2-3,8,13H,4-6H2,1H3. The van der Waals surface area contributed by atoms with Crippen LogP contribution in [0, 0.1) is 6.92 Å². The lowest BCUT2D eigenvalue weighted by Gasteiger charge is -2.14. The molecule has 0 amide bonds. The molecule has 1 N–H and O–H groups in total. The number of hydrogen-bond acceptors (Lipinski definition) is 4. The molecule has 0 spiro atoms. The maximum Gasteiger partial charge on any atom is 0.152 e. The predicted molar refractivity (Wildman–Crippen MR) is 67.4 cm³/mol. The van der Waals surface area contributed by atoms with Gasteiger partial charge in [-0.3, -0.25) is 0 Å². The number of rotatable bonds is 2. The van der Waals surface area contributed by atoms with E-state index < -0.39 is 9.84 Å². The van der Waals surface area contributed by atoms with Crippen molar-refractivity contribution in [1.82, 2.24) is 4.98 Å². The van der Waals surface area contributed by atoms with Gasteiger partial charge in [-0.15, -0.1) is 0 Å². The summed E-state index contributed by atoms with van der Waals surface area (Å²) in [6.45, 7) is 1.90. The van der Waals surface area contributed by atoms with Gasteiger partial charge >= 0.3 is 0 Å². The van der Waals surface area contributed by atoms with Crippen molar-refractivity contribution in [1.29, 1.82) is 0 Å². The van der Waals surface area contributed by atoms with Gasteiger partial charge < -0.3 is 5.32 Å². The van der Waals surface area contributed by atoms with Crippen LogP contribution in [0.1, 0.15) is 12.1 Å². The highest BCUT2D eigenvalue weighted by atomic mass is 79.9. The molecule has 1 aromatic rings. The Bertz CT molecular complexity index is 502. The minimum Gasteiger partial charge on any atom is -0.380 e. The van der Waals surface area contributed by atoms with Crippen LogP contribution in [0.3, 0.4) is 0 Å². The quantitative estimate of drug-likeness (QED) is 0.846. The number of nitrogens with zero attached hydrogens (tertiary/aromatic N) is 1. The fourth-order valence-electron chi connectivity index (χ4n) is 1.81. The van der Waals surface area contributed by atoms with Crippen molar-refractivity contribution in [2.75, 3.05) is 16.8 Å². The minimum absolute atomic E-state index is 0.0201. The molecule has 2 heterocycles. The molecule has 4 nitrogen and oxygen atoms in total. The Morgan fingerprint density at radius 3 is 2.81 bits per heavy atom.